The molecule has 0 bridgehead atoms. The van der Waals surface area contributed by atoms with Gasteiger partial charge in [0, 0.05) is 18.9 Å². The van der Waals surface area contributed by atoms with E-state index in [1.54, 1.807) is 0 Å². The van der Waals surface area contributed by atoms with E-state index < -0.39 is 27.6 Å². The molecule has 0 aliphatic heterocycles. The summed E-state index contributed by atoms with van der Waals surface area (Å²) in [6.07, 6.45) is -5.65. The van der Waals surface area contributed by atoms with E-state index in [-0.39, 0.29) is 13.2 Å². The lowest BCUT2D eigenvalue weighted by molar-refractivity contribution is -0.237. The van der Waals surface area contributed by atoms with Crippen molar-refractivity contribution in [2.24, 2.45) is 0 Å². The van der Waals surface area contributed by atoms with Crippen LogP contribution in [0.5, 0.6) is 0 Å². The average molecular weight is 270 g/mol. The first-order chi connectivity index (χ1) is 6.70. The van der Waals surface area contributed by atoms with Gasteiger partial charge in [-0.1, -0.05) is 0 Å². The summed E-state index contributed by atoms with van der Waals surface area (Å²) in [5, 5.41) is -4.93. The smallest absolute Gasteiger partial charge is 0.464 e. The molecule has 0 radical (unpaired) electrons. The molecule has 0 saturated carbocycles. The second-order valence-corrected chi connectivity index (χ2v) is 3.92. The summed E-state index contributed by atoms with van der Waals surface area (Å²) in [5.74, 6) is 0. The Morgan fingerprint density at radius 2 is 1.73 bits per heavy atom. The molecule has 0 heterocycles. The van der Waals surface area contributed by atoms with Gasteiger partial charge in [-0.05, 0) is 12.2 Å². The molecule has 0 aromatic carbocycles. The molecule has 0 N–H and O–H groups in total. The van der Waals surface area contributed by atoms with Gasteiger partial charge in [0.2, 0.25) is 4.38 Å². The van der Waals surface area contributed by atoms with Crippen molar-refractivity contribution in [2.75, 3.05) is 20.3 Å². The Balaban J connectivity index is 4.06. The molecule has 0 aliphatic carbocycles. The van der Waals surface area contributed by atoms with E-state index in [1.807, 2.05) is 0 Å². The van der Waals surface area contributed by atoms with E-state index in [0.717, 1.165) is 0 Å². The van der Waals surface area contributed by atoms with Gasteiger partial charge >= 0.3 is 11.4 Å². The summed E-state index contributed by atoms with van der Waals surface area (Å²) in [6.45, 7) is -0.117. The van der Waals surface area contributed by atoms with Gasteiger partial charge in [0.15, 0.2) is 0 Å². The Morgan fingerprint density at radius 1 is 1.20 bits per heavy atom. The third-order valence-electron chi connectivity index (χ3n) is 1.05. The summed E-state index contributed by atoms with van der Waals surface area (Å²) >= 11 is 3.34. The number of hydrogen-bond acceptors (Lipinski definition) is 4. The lowest BCUT2D eigenvalue weighted by Crippen LogP contribution is -2.34. The second kappa shape index (κ2) is 5.80. The van der Waals surface area contributed by atoms with Crippen molar-refractivity contribution in [3.63, 3.8) is 0 Å². The Labute approximate surface area is 92.1 Å². The van der Waals surface area contributed by atoms with Crippen molar-refractivity contribution in [1.82, 2.24) is 0 Å². The third kappa shape index (κ3) is 5.47. The summed E-state index contributed by atoms with van der Waals surface area (Å²) in [4.78, 5) is 0. The minimum atomic E-state index is -5.65. The topological polar surface area (TPSA) is 18.5 Å². The maximum atomic E-state index is 12.3. The van der Waals surface area contributed by atoms with E-state index in [4.69, 9.17) is 0 Å². The van der Waals surface area contributed by atoms with Crippen LogP contribution in [0.15, 0.2) is 0 Å². The lowest BCUT2D eigenvalue weighted by atomic mass is 10.7. The summed E-state index contributed by atoms with van der Waals surface area (Å²) < 4.78 is 67.7. The maximum Gasteiger partial charge on any atom is 0.464 e. The molecular weight excluding hydrogens is 263 g/mol. The Kier molecular flexibility index (Phi) is 5.75. The molecular formula is C6H7F5O2S2. The van der Waals surface area contributed by atoms with Crippen LogP contribution in [0.2, 0.25) is 0 Å². The first kappa shape index (κ1) is 14.8. The quantitative estimate of drug-likeness (QED) is 0.444. The number of rotatable bonds is 4. The van der Waals surface area contributed by atoms with Crippen LogP contribution in [0.3, 0.4) is 0 Å². The number of alkyl halides is 5. The highest BCUT2D eigenvalue weighted by atomic mass is 32.2. The Hall–Kier alpha value is -0.150. The lowest BCUT2D eigenvalue weighted by Gasteiger charge is -2.18. The molecule has 0 atom stereocenters. The normalized spacial score (nSPS) is 12.7. The van der Waals surface area contributed by atoms with Crippen LogP contribution in [0, 0.1) is 0 Å². The van der Waals surface area contributed by atoms with Crippen molar-refractivity contribution >= 4 is 28.4 Å². The number of methoxy groups -OCH3 is 1. The Bertz CT molecular complexity index is 218. The van der Waals surface area contributed by atoms with Crippen molar-refractivity contribution < 1.29 is 31.4 Å². The van der Waals surface area contributed by atoms with Gasteiger partial charge in [-0.25, -0.2) is 0 Å². The molecule has 0 amide bonds. The fourth-order valence-electron chi connectivity index (χ4n) is 0.400. The van der Waals surface area contributed by atoms with Crippen molar-refractivity contribution in [3.8, 4) is 0 Å². The molecule has 0 unspecified atom stereocenters. The van der Waals surface area contributed by atoms with Gasteiger partial charge in [0.25, 0.3) is 0 Å². The molecule has 0 rings (SSSR count). The zero-order chi connectivity index (χ0) is 12.1. The minimum absolute atomic E-state index is 0.0539. The van der Waals surface area contributed by atoms with Crippen LogP contribution in [0.25, 0.3) is 0 Å². The molecule has 0 spiro atoms. The van der Waals surface area contributed by atoms with Crippen LogP contribution in [0.4, 0.5) is 22.0 Å². The largest absolute Gasteiger partial charge is 0.476 e. The number of thioether (sulfide) groups is 1. The molecule has 2 nitrogen and oxygen atoms in total. The number of thiocarbonyl (C=S) groups is 1. The fraction of sp³-hybridized carbons (Fsp3) is 0.833. The summed E-state index contributed by atoms with van der Waals surface area (Å²) in [5.41, 5.74) is 0. The van der Waals surface area contributed by atoms with Gasteiger partial charge < -0.3 is 9.47 Å². The van der Waals surface area contributed by atoms with Crippen molar-refractivity contribution in [3.05, 3.63) is 0 Å². The zero-order valence-electron chi connectivity index (χ0n) is 7.44. The maximum absolute atomic E-state index is 12.3. The van der Waals surface area contributed by atoms with E-state index in [2.05, 4.69) is 21.7 Å². The average Bonchev–Trinajstić information content (AvgIpc) is 2.01. The van der Waals surface area contributed by atoms with Crippen LogP contribution >= 0.6 is 24.0 Å². The van der Waals surface area contributed by atoms with Gasteiger partial charge in [-0.2, -0.15) is 22.0 Å². The molecule has 15 heavy (non-hydrogen) atoms. The van der Waals surface area contributed by atoms with Crippen LogP contribution in [-0.4, -0.2) is 36.1 Å². The Morgan fingerprint density at radius 3 is 2.13 bits per heavy atom. The molecule has 0 aromatic heterocycles. The van der Waals surface area contributed by atoms with Gasteiger partial charge in [-0.3, -0.25) is 0 Å². The predicted octanol–water partition coefficient (Wildman–Crippen LogP) is 2.82. The first-order valence-corrected chi connectivity index (χ1v) is 4.72. The summed E-state index contributed by atoms with van der Waals surface area (Å²) in [6, 6.07) is 0. The van der Waals surface area contributed by atoms with Gasteiger partial charge in [0.1, 0.15) is 6.61 Å². The number of hydrogen-bond donors (Lipinski definition) is 0. The minimum Gasteiger partial charge on any atom is -0.476 e. The predicted molar refractivity (Wildman–Crippen MR) is 49.0 cm³/mol. The first-order valence-electron chi connectivity index (χ1n) is 3.50. The highest BCUT2D eigenvalue weighted by Crippen LogP contribution is 2.44. The summed E-state index contributed by atoms with van der Waals surface area (Å²) in [7, 11) is 1.32. The zero-order valence-corrected chi connectivity index (χ0v) is 9.07. The standard InChI is InChI=1S/C6H7F5O2S2/c1-12-2-3-13-4(14)15-6(10,11)5(7,8)9/h2-3H2,1H3. The molecule has 0 aliphatic rings. The van der Waals surface area contributed by atoms with Crippen molar-refractivity contribution in [2.45, 2.75) is 11.4 Å². The van der Waals surface area contributed by atoms with E-state index >= 15 is 0 Å². The van der Waals surface area contributed by atoms with E-state index in [9.17, 15) is 22.0 Å². The van der Waals surface area contributed by atoms with Crippen molar-refractivity contribution in [1.29, 1.82) is 0 Å². The highest BCUT2D eigenvalue weighted by molar-refractivity contribution is 8.23. The molecule has 0 aromatic rings. The van der Waals surface area contributed by atoms with Crippen LogP contribution in [-0.2, 0) is 9.47 Å². The second-order valence-electron chi connectivity index (χ2n) is 2.21. The van der Waals surface area contributed by atoms with Gasteiger partial charge in [0.05, 0.1) is 6.61 Å². The van der Waals surface area contributed by atoms with E-state index in [1.165, 1.54) is 7.11 Å². The van der Waals surface area contributed by atoms with Crippen LogP contribution < -0.4 is 0 Å². The molecule has 9 heteroatoms. The monoisotopic (exact) mass is 270 g/mol. The third-order valence-corrected chi connectivity index (χ3v) is 2.19. The highest BCUT2D eigenvalue weighted by Gasteiger charge is 2.59. The SMILES string of the molecule is COCCOC(=S)SC(F)(F)C(F)(F)F. The number of halogens is 5. The molecule has 0 saturated heterocycles. The molecule has 90 valence electrons. The fourth-order valence-corrected chi connectivity index (χ4v) is 1.26. The van der Waals surface area contributed by atoms with E-state index in [0.29, 0.717) is 0 Å². The molecule has 0 fully saturated rings. The number of ether oxygens (including phenoxy) is 2. The van der Waals surface area contributed by atoms with Gasteiger partial charge in [-0.15, -0.1) is 0 Å². The van der Waals surface area contributed by atoms with Crippen LogP contribution in [0.1, 0.15) is 0 Å².